The fraction of sp³-hybridized carbons (Fsp3) is 0.500. The SMILES string of the molecule is NCCc1cccc(C2CCOC2)c1. The van der Waals surface area contributed by atoms with Crippen LogP contribution in [-0.2, 0) is 11.2 Å². The molecule has 0 radical (unpaired) electrons. The third kappa shape index (κ3) is 2.14. The zero-order valence-electron chi connectivity index (χ0n) is 8.41. The molecule has 14 heavy (non-hydrogen) atoms. The van der Waals surface area contributed by atoms with Gasteiger partial charge in [0.1, 0.15) is 0 Å². The van der Waals surface area contributed by atoms with Crippen molar-refractivity contribution in [2.45, 2.75) is 18.8 Å². The fourth-order valence-corrected chi connectivity index (χ4v) is 1.97. The third-order valence-electron chi connectivity index (χ3n) is 2.79. The van der Waals surface area contributed by atoms with E-state index in [1.165, 1.54) is 11.1 Å². The van der Waals surface area contributed by atoms with E-state index in [2.05, 4.69) is 24.3 Å². The zero-order valence-corrected chi connectivity index (χ0v) is 8.41. The molecule has 1 aromatic carbocycles. The summed E-state index contributed by atoms with van der Waals surface area (Å²) in [7, 11) is 0. The minimum absolute atomic E-state index is 0.604. The number of hydrogen-bond acceptors (Lipinski definition) is 2. The van der Waals surface area contributed by atoms with E-state index in [4.69, 9.17) is 10.5 Å². The summed E-state index contributed by atoms with van der Waals surface area (Å²) in [5.74, 6) is 0.604. The van der Waals surface area contributed by atoms with Crippen molar-refractivity contribution in [3.05, 3.63) is 35.4 Å². The lowest BCUT2D eigenvalue weighted by Gasteiger charge is -2.09. The summed E-state index contributed by atoms with van der Waals surface area (Å²) in [6, 6.07) is 8.73. The monoisotopic (exact) mass is 191 g/mol. The molecule has 1 atom stereocenters. The lowest BCUT2D eigenvalue weighted by molar-refractivity contribution is 0.194. The minimum Gasteiger partial charge on any atom is -0.381 e. The summed E-state index contributed by atoms with van der Waals surface area (Å²) < 4.78 is 5.39. The first-order valence-electron chi connectivity index (χ1n) is 5.27. The molecule has 1 aliphatic heterocycles. The quantitative estimate of drug-likeness (QED) is 0.789. The second-order valence-corrected chi connectivity index (χ2v) is 3.84. The van der Waals surface area contributed by atoms with Gasteiger partial charge in [0.25, 0.3) is 0 Å². The largest absolute Gasteiger partial charge is 0.381 e. The Bertz CT molecular complexity index is 292. The molecule has 0 spiro atoms. The van der Waals surface area contributed by atoms with Crippen molar-refractivity contribution in [3.8, 4) is 0 Å². The van der Waals surface area contributed by atoms with Gasteiger partial charge in [0.15, 0.2) is 0 Å². The normalized spacial score (nSPS) is 21.4. The maximum Gasteiger partial charge on any atom is 0.0535 e. The number of ether oxygens (including phenoxy) is 1. The number of nitrogens with two attached hydrogens (primary N) is 1. The lowest BCUT2D eigenvalue weighted by Crippen LogP contribution is -2.04. The molecular weight excluding hydrogens is 174 g/mol. The van der Waals surface area contributed by atoms with Crippen LogP contribution < -0.4 is 5.73 Å². The van der Waals surface area contributed by atoms with Crippen LogP contribution in [0.4, 0.5) is 0 Å². The molecule has 1 aromatic rings. The topological polar surface area (TPSA) is 35.2 Å². The molecule has 2 N–H and O–H groups in total. The van der Waals surface area contributed by atoms with Gasteiger partial charge in [-0.25, -0.2) is 0 Å². The summed E-state index contributed by atoms with van der Waals surface area (Å²) in [6.45, 7) is 2.52. The van der Waals surface area contributed by atoms with Gasteiger partial charge in [0.2, 0.25) is 0 Å². The van der Waals surface area contributed by atoms with E-state index in [-0.39, 0.29) is 0 Å². The van der Waals surface area contributed by atoms with E-state index in [1.54, 1.807) is 0 Å². The van der Waals surface area contributed by atoms with Crippen molar-refractivity contribution in [3.63, 3.8) is 0 Å². The Hall–Kier alpha value is -0.860. The predicted molar refractivity (Wildman–Crippen MR) is 57.4 cm³/mol. The molecule has 76 valence electrons. The molecule has 1 unspecified atom stereocenters. The van der Waals surface area contributed by atoms with Crippen LogP contribution in [0.25, 0.3) is 0 Å². The van der Waals surface area contributed by atoms with Crippen LogP contribution in [0.15, 0.2) is 24.3 Å². The summed E-state index contributed by atoms with van der Waals surface area (Å²) in [6.07, 6.45) is 2.13. The lowest BCUT2D eigenvalue weighted by atomic mass is 9.96. The van der Waals surface area contributed by atoms with Gasteiger partial charge in [-0.2, -0.15) is 0 Å². The summed E-state index contributed by atoms with van der Waals surface area (Å²) >= 11 is 0. The average molecular weight is 191 g/mol. The van der Waals surface area contributed by atoms with Crippen LogP contribution in [0, 0.1) is 0 Å². The summed E-state index contributed by atoms with van der Waals surface area (Å²) in [5, 5.41) is 0. The Morgan fingerprint density at radius 2 is 2.36 bits per heavy atom. The zero-order chi connectivity index (χ0) is 9.80. The van der Waals surface area contributed by atoms with Gasteiger partial charge in [-0.15, -0.1) is 0 Å². The molecule has 0 amide bonds. The van der Waals surface area contributed by atoms with Gasteiger partial charge in [0.05, 0.1) is 6.61 Å². The fourth-order valence-electron chi connectivity index (χ4n) is 1.97. The smallest absolute Gasteiger partial charge is 0.0535 e. The van der Waals surface area contributed by atoms with E-state index in [1.807, 2.05) is 0 Å². The van der Waals surface area contributed by atoms with Crippen LogP contribution in [0.2, 0.25) is 0 Å². The van der Waals surface area contributed by atoms with E-state index in [0.717, 1.165) is 32.6 Å². The maximum absolute atomic E-state index is 5.54. The Kier molecular flexibility index (Phi) is 3.17. The Labute approximate surface area is 85.1 Å². The van der Waals surface area contributed by atoms with Crippen LogP contribution >= 0.6 is 0 Å². The van der Waals surface area contributed by atoms with Crippen LogP contribution in [0.1, 0.15) is 23.5 Å². The van der Waals surface area contributed by atoms with Gasteiger partial charge >= 0.3 is 0 Å². The average Bonchev–Trinajstić information content (AvgIpc) is 2.71. The molecule has 1 fully saturated rings. The number of rotatable bonds is 3. The second-order valence-electron chi connectivity index (χ2n) is 3.84. The highest BCUT2D eigenvalue weighted by Crippen LogP contribution is 2.25. The minimum atomic E-state index is 0.604. The van der Waals surface area contributed by atoms with E-state index in [0.29, 0.717) is 5.92 Å². The highest BCUT2D eigenvalue weighted by Gasteiger charge is 2.17. The maximum atomic E-state index is 5.54. The molecule has 2 rings (SSSR count). The first-order chi connectivity index (χ1) is 6.90. The van der Waals surface area contributed by atoms with Gasteiger partial charge in [0, 0.05) is 12.5 Å². The highest BCUT2D eigenvalue weighted by molar-refractivity contribution is 5.27. The van der Waals surface area contributed by atoms with E-state index < -0.39 is 0 Å². The Balaban J connectivity index is 2.12. The Morgan fingerprint density at radius 1 is 1.43 bits per heavy atom. The number of benzene rings is 1. The van der Waals surface area contributed by atoms with Crippen molar-refractivity contribution >= 4 is 0 Å². The molecule has 2 heteroatoms. The third-order valence-corrected chi connectivity index (χ3v) is 2.79. The first-order valence-corrected chi connectivity index (χ1v) is 5.27. The molecule has 0 aliphatic carbocycles. The molecule has 1 heterocycles. The van der Waals surface area contributed by atoms with Gasteiger partial charge in [-0.05, 0) is 30.5 Å². The van der Waals surface area contributed by atoms with Crippen molar-refractivity contribution in [2.24, 2.45) is 5.73 Å². The Morgan fingerprint density at radius 3 is 3.07 bits per heavy atom. The summed E-state index contributed by atoms with van der Waals surface area (Å²) in [5.41, 5.74) is 8.29. The van der Waals surface area contributed by atoms with Gasteiger partial charge in [-0.1, -0.05) is 24.3 Å². The first kappa shape index (κ1) is 9.69. The van der Waals surface area contributed by atoms with Crippen LogP contribution in [0.3, 0.4) is 0 Å². The standard InChI is InChI=1S/C12H17NO/c13-6-4-10-2-1-3-11(8-10)12-5-7-14-9-12/h1-3,8,12H,4-7,9,13H2. The van der Waals surface area contributed by atoms with Gasteiger partial charge in [-0.3, -0.25) is 0 Å². The van der Waals surface area contributed by atoms with Crippen LogP contribution in [0.5, 0.6) is 0 Å². The van der Waals surface area contributed by atoms with Crippen molar-refractivity contribution in [1.82, 2.24) is 0 Å². The van der Waals surface area contributed by atoms with Gasteiger partial charge < -0.3 is 10.5 Å². The van der Waals surface area contributed by atoms with Crippen molar-refractivity contribution in [2.75, 3.05) is 19.8 Å². The van der Waals surface area contributed by atoms with E-state index in [9.17, 15) is 0 Å². The molecule has 1 aliphatic rings. The highest BCUT2D eigenvalue weighted by atomic mass is 16.5. The molecule has 0 saturated carbocycles. The molecule has 1 saturated heterocycles. The molecule has 0 aromatic heterocycles. The summed E-state index contributed by atoms with van der Waals surface area (Å²) in [4.78, 5) is 0. The van der Waals surface area contributed by atoms with Crippen LogP contribution in [-0.4, -0.2) is 19.8 Å². The predicted octanol–water partition coefficient (Wildman–Crippen LogP) is 1.69. The number of hydrogen-bond donors (Lipinski definition) is 1. The van der Waals surface area contributed by atoms with Crippen molar-refractivity contribution < 1.29 is 4.74 Å². The molecular formula is C12H17NO. The second kappa shape index (κ2) is 4.58. The van der Waals surface area contributed by atoms with Crippen molar-refractivity contribution in [1.29, 1.82) is 0 Å². The molecule has 0 bridgehead atoms. The van der Waals surface area contributed by atoms with E-state index >= 15 is 0 Å². The molecule has 2 nitrogen and oxygen atoms in total.